The Morgan fingerprint density at radius 1 is 1.28 bits per heavy atom. The first-order chi connectivity index (χ1) is 11.5. The fourth-order valence-corrected chi connectivity index (χ4v) is 3.48. The number of rotatable bonds is 7. The van der Waals surface area contributed by atoms with Crippen LogP contribution in [0.1, 0.15) is 6.42 Å². The van der Waals surface area contributed by atoms with Crippen LogP contribution in [0.4, 0.5) is 0 Å². The van der Waals surface area contributed by atoms with Gasteiger partial charge in [-0.1, -0.05) is 0 Å². The molecule has 1 atom stereocenters. The van der Waals surface area contributed by atoms with Gasteiger partial charge in [0.2, 0.25) is 0 Å². The van der Waals surface area contributed by atoms with Crippen LogP contribution in [0.5, 0.6) is 0 Å². The molecule has 148 valence electrons. The highest BCUT2D eigenvalue weighted by atomic mass is 127. The Balaban J connectivity index is 0.00000312. The van der Waals surface area contributed by atoms with E-state index in [1.807, 2.05) is 0 Å². The van der Waals surface area contributed by atoms with Gasteiger partial charge in [0.25, 0.3) is 0 Å². The summed E-state index contributed by atoms with van der Waals surface area (Å²) in [4.78, 5) is 9.12. The number of nitrogens with zero attached hydrogens (tertiary/aromatic N) is 3. The van der Waals surface area contributed by atoms with E-state index in [-0.39, 0.29) is 36.3 Å². The standard InChI is InChI=1S/C15H30N4O4S.HI/c1-16-15(17-4-8-22-11-12-24(2,20)21)19-5-3-14(13-19)18-6-9-23-10-7-18;/h14H,3-13H2,1-2H3,(H,16,17);1H. The van der Waals surface area contributed by atoms with Gasteiger partial charge in [-0.05, 0) is 6.42 Å². The number of halogens is 1. The summed E-state index contributed by atoms with van der Waals surface area (Å²) in [5.74, 6) is 0.951. The summed E-state index contributed by atoms with van der Waals surface area (Å²) in [5.41, 5.74) is 0. The Hall–Kier alpha value is -0.170. The molecule has 1 unspecified atom stereocenters. The van der Waals surface area contributed by atoms with E-state index in [4.69, 9.17) is 9.47 Å². The summed E-state index contributed by atoms with van der Waals surface area (Å²) < 4.78 is 32.8. The molecule has 2 aliphatic heterocycles. The van der Waals surface area contributed by atoms with Gasteiger partial charge in [-0.3, -0.25) is 9.89 Å². The molecule has 2 heterocycles. The van der Waals surface area contributed by atoms with Crippen molar-refractivity contribution in [3.63, 3.8) is 0 Å². The van der Waals surface area contributed by atoms with Crippen molar-refractivity contribution in [2.24, 2.45) is 4.99 Å². The fourth-order valence-electron chi connectivity index (χ4n) is 3.05. The first kappa shape index (κ1) is 22.9. The summed E-state index contributed by atoms with van der Waals surface area (Å²) in [6.07, 6.45) is 2.36. The second-order valence-corrected chi connectivity index (χ2v) is 8.51. The molecule has 0 spiro atoms. The Morgan fingerprint density at radius 2 is 2.00 bits per heavy atom. The highest BCUT2D eigenvalue weighted by Crippen LogP contribution is 2.16. The van der Waals surface area contributed by atoms with Crippen LogP contribution in [0, 0.1) is 0 Å². The lowest BCUT2D eigenvalue weighted by Gasteiger charge is -2.32. The van der Waals surface area contributed by atoms with Crippen LogP contribution in [0.2, 0.25) is 0 Å². The molecule has 0 aromatic heterocycles. The van der Waals surface area contributed by atoms with Gasteiger partial charge < -0.3 is 19.7 Å². The van der Waals surface area contributed by atoms with E-state index in [0.29, 0.717) is 19.2 Å². The molecule has 2 aliphatic rings. The van der Waals surface area contributed by atoms with Gasteiger partial charge in [0, 0.05) is 52.1 Å². The molecule has 0 bridgehead atoms. The van der Waals surface area contributed by atoms with Crippen molar-refractivity contribution < 1.29 is 17.9 Å². The molecule has 0 radical (unpaired) electrons. The van der Waals surface area contributed by atoms with Crippen LogP contribution in [-0.4, -0.2) is 108 Å². The number of nitrogens with one attached hydrogen (secondary N) is 1. The number of hydrogen-bond acceptors (Lipinski definition) is 6. The molecule has 2 fully saturated rings. The summed E-state index contributed by atoms with van der Waals surface area (Å²) in [5, 5.41) is 3.29. The molecule has 0 aliphatic carbocycles. The third kappa shape index (κ3) is 8.37. The summed E-state index contributed by atoms with van der Waals surface area (Å²) in [6, 6.07) is 0.568. The van der Waals surface area contributed by atoms with E-state index < -0.39 is 9.84 Å². The summed E-state index contributed by atoms with van der Waals surface area (Å²) in [6.45, 7) is 6.98. The van der Waals surface area contributed by atoms with Gasteiger partial charge in [-0.2, -0.15) is 0 Å². The average molecular weight is 490 g/mol. The van der Waals surface area contributed by atoms with Crippen molar-refractivity contribution in [3.05, 3.63) is 0 Å². The third-order valence-corrected chi connectivity index (χ3v) is 5.27. The lowest BCUT2D eigenvalue weighted by Crippen LogP contribution is -2.47. The molecule has 2 saturated heterocycles. The Labute approximate surface area is 168 Å². The number of likely N-dealkylation sites (tertiary alicyclic amines) is 1. The number of aliphatic imine (C=N–C) groups is 1. The molecular weight excluding hydrogens is 459 g/mol. The third-order valence-electron chi connectivity index (χ3n) is 4.36. The molecular formula is C15H31IN4O4S. The van der Waals surface area contributed by atoms with Crippen molar-refractivity contribution in [3.8, 4) is 0 Å². The van der Waals surface area contributed by atoms with Crippen LogP contribution >= 0.6 is 24.0 Å². The van der Waals surface area contributed by atoms with Crippen molar-refractivity contribution >= 4 is 39.8 Å². The molecule has 1 N–H and O–H groups in total. The van der Waals surface area contributed by atoms with Crippen LogP contribution < -0.4 is 5.32 Å². The largest absolute Gasteiger partial charge is 0.379 e. The molecule has 0 aromatic rings. The van der Waals surface area contributed by atoms with Crippen LogP contribution in [-0.2, 0) is 19.3 Å². The van der Waals surface area contributed by atoms with E-state index in [0.717, 1.165) is 51.8 Å². The lowest BCUT2D eigenvalue weighted by molar-refractivity contribution is 0.0194. The Morgan fingerprint density at radius 3 is 2.64 bits per heavy atom. The van der Waals surface area contributed by atoms with Crippen LogP contribution in [0.3, 0.4) is 0 Å². The summed E-state index contributed by atoms with van der Waals surface area (Å²) in [7, 11) is -1.17. The highest BCUT2D eigenvalue weighted by Gasteiger charge is 2.30. The fraction of sp³-hybridized carbons (Fsp3) is 0.933. The first-order valence-electron chi connectivity index (χ1n) is 8.52. The van der Waals surface area contributed by atoms with E-state index in [9.17, 15) is 8.42 Å². The maximum absolute atomic E-state index is 11.0. The van der Waals surface area contributed by atoms with Gasteiger partial charge in [-0.25, -0.2) is 8.42 Å². The van der Waals surface area contributed by atoms with Gasteiger partial charge in [-0.15, -0.1) is 24.0 Å². The zero-order chi connectivity index (χ0) is 17.4. The van der Waals surface area contributed by atoms with E-state index in [2.05, 4.69) is 20.1 Å². The Bertz CT molecular complexity index is 512. The number of guanidine groups is 1. The molecule has 25 heavy (non-hydrogen) atoms. The minimum Gasteiger partial charge on any atom is -0.379 e. The predicted molar refractivity (Wildman–Crippen MR) is 110 cm³/mol. The SMILES string of the molecule is CN=C(NCCOCCS(C)(=O)=O)N1CCC(N2CCOCC2)C1.I. The molecule has 0 aromatic carbocycles. The van der Waals surface area contributed by atoms with E-state index >= 15 is 0 Å². The van der Waals surface area contributed by atoms with Crippen molar-refractivity contribution in [1.82, 2.24) is 15.1 Å². The smallest absolute Gasteiger partial charge is 0.193 e. The van der Waals surface area contributed by atoms with Crippen molar-refractivity contribution in [1.29, 1.82) is 0 Å². The van der Waals surface area contributed by atoms with E-state index in [1.165, 1.54) is 6.26 Å². The average Bonchev–Trinajstić information content (AvgIpc) is 3.04. The number of morpholine rings is 1. The van der Waals surface area contributed by atoms with E-state index in [1.54, 1.807) is 7.05 Å². The zero-order valence-corrected chi connectivity index (χ0v) is 18.3. The minimum absolute atomic E-state index is 0. The maximum Gasteiger partial charge on any atom is 0.193 e. The first-order valence-corrected chi connectivity index (χ1v) is 10.6. The highest BCUT2D eigenvalue weighted by molar-refractivity contribution is 14.0. The molecule has 8 nitrogen and oxygen atoms in total. The molecule has 0 saturated carbocycles. The zero-order valence-electron chi connectivity index (χ0n) is 15.1. The quantitative estimate of drug-likeness (QED) is 0.226. The van der Waals surface area contributed by atoms with Gasteiger partial charge in [0.15, 0.2) is 5.96 Å². The Kier molecular flexibility index (Phi) is 10.5. The normalized spacial score (nSPS) is 22.7. The van der Waals surface area contributed by atoms with Crippen LogP contribution in [0.25, 0.3) is 0 Å². The second kappa shape index (κ2) is 11.5. The van der Waals surface area contributed by atoms with Crippen LogP contribution in [0.15, 0.2) is 4.99 Å². The van der Waals surface area contributed by atoms with Crippen molar-refractivity contribution in [2.45, 2.75) is 12.5 Å². The number of hydrogen-bond donors (Lipinski definition) is 1. The number of sulfone groups is 1. The predicted octanol–water partition coefficient (Wildman–Crippen LogP) is -0.352. The number of ether oxygens (including phenoxy) is 2. The topological polar surface area (TPSA) is 83.5 Å². The molecule has 10 heteroatoms. The van der Waals surface area contributed by atoms with Gasteiger partial charge in [0.05, 0.1) is 32.2 Å². The maximum atomic E-state index is 11.0. The lowest BCUT2D eigenvalue weighted by atomic mass is 10.2. The van der Waals surface area contributed by atoms with Crippen molar-refractivity contribution in [2.75, 3.05) is 78.2 Å². The second-order valence-electron chi connectivity index (χ2n) is 6.25. The molecule has 2 rings (SSSR count). The minimum atomic E-state index is -2.95. The van der Waals surface area contributed by atoms with Gasteiger partial charge in [0.1, 0.15) is 9.84 Å². The summed E-state index contributed by atoms with van der Waals surface area (Å²) >= 11 is 0. The molecule has 0 amide bonds. The monoisotopic (exact) mass is 490 g/mol. The van der Waals surface area contributed by atoms with Gasteiger partial charge >= 0.3 is 0 Å².